The predicted molar refractivity (Wildman–Crippen MR) is 59.0 cm³/mol. The van der Waals surface area contributed by atoms with Gasteiger partial charge in [-0.25, -0.2) is 0 Å². The number of carbonyl (C=O) groups is 1. The highest BCUT2D eigenvalue weighted by Gasteiger charge is 2.29. The van der Waals surface area contributed by atoms with Gasteiger partial charge in [0.15, 0.2) is 0 Å². The largest absolute Gasteiger partial charge is 0.472 e. The van der Waals surface area contributed by atoms with E-state index in [9.17, 15) is 4.79 Å². The number of hydrogen-bond acceptors (Lipinski definition) is 3. The maximum absolute atomic E-state index is 12.1. The zero-order chi connectivity index (χ0) is 11.5. The zero-order valence-electron chi connectivity index (χ0n) is 9.43. The van der Waals surface area contributed by atoms with Gasteiger partial charge in [-0.1, -0.05) is 0 Å². The SMILES string of the molecule is CC1CCC(CO)CN1C(=O)c1ccoc1. The molecule has 0 radical (unpaired) electrons. The van der Waals surface area contributed by atoms with Crippen LogP contribution in [0.4, 0.5) is 0 Å². The fourth-order valence-corrected chi connectivity index (χ4v) is 2.17. The monoisotopic (exact) mass is 223 g/mol. The van der Waals surface area contributed by atoms with Crippen LogP contribution in [-0.2, 0) is 0 Å². The number of nitrogens with zero attached hydrogens (tertiary/aromatic N) is 1. The molecule has 1 aliphatic heterocycles. The van der Waals surface area contributed by atoms with E-state index in [1.165, 1.54) is 12.5 Å². The second-order valence-corrected chi connectivity index (χ2v) is 4.44. The van der Waals surface area contributed by atoms with Crippen molar-refractivity contribution in [2.24, 2.45) is 5.92 Å². The van der Waals surface area contributed by atoms with Gasteiger partial charge in [-0.2, -0.15) is 0 Å². The Kier molecular flexibility index (Phi) is 3.29. The van der Waals surface area contributed by atoms with E-state index in [1.54, 1.807) is 6.07 Å². The van der Waals surface area contributed by atoms with Gasteiger partial charge in [-0.3, -0.25) is 4.79 Å². The molecule has 2 unspecified atom stereocenters. The van der Waals surface area contributed by atoms with Crippen LogP contribution in [0.5, 0.6) is 0 Å². The molecule has 2 atom stereocenters. The van der Waals surface area contributed by atoms with Crippen LogP contribution in [0.2, 0.25) is 0 Å². The first kappa shape index (κ1) is 11.2. The molecule has 1 N–H and O–H groups in total. The predicted octanol–water partition coefficient (Wildman–Crippen LogP) is 1.51. The van der Waals surface area contributed by atoms with Crippen LogP contribution < -0.4 is 0 Å². The summed E-state index contributed by atoms with van der Waals surface area (Å²) < 4.78 is 4.92. The highest BCUT2D eigenvalue weighted by molar-refractivity contribution is 5.94. The number of hydrogen-bond donors (Lipinski definition) is 1. The van der Waals surface area contributed by atoms with E-state index in [0.29, 0.717) is 12.1 Å². The molecule has 88 valence electrons. The van der Waals surface area contributed by atoms with Crippen molar-refractivity contribution in [3.63, 3.8) is 0 Å². The second-order valence-electron chi connectivity index (χ2n) is 4.44. The van der Waals surface area contributed by atoms with Crippen molar-refractivity contribution in [3.05, 3.63) is 24.2 Å². The number of furan rings is 1. The summed E-state index contributed by atoms with van der Waals surface area (Å²) >= 11 is 0. The minimum atomic E-state index is -0.000556. The van der Waals surface area contributed by atoms with Crippen molar-refractivity contribution in [3.8, 4) is 0 Å². The summed E-state index contributed by atoms with van der Waals surface area (Å²) in [6.45, 7) is 2.84. The quantitative estimate of drug-likeness (QED) is 0.826. The molecule has 1 saturated heterocycles. The third kappa shape index (κ3) is 2.11. The average molecular weight is 223 g/mol. The molecule has 0 aliphatic carbocycles. The Morgan fingerprint density at radius 1 is 1.62 bits per heavy atom. The Hall–Kier alpha value is -1.29. The Morgan fingerprint density at radius 3 is 3.06 bits per heavy atom. The second kappa shape index (κ2) is 4.70. The maximum Gasteiger partial charge on any atom is 0.257 e. The van der Waals surface area contributed by atoms with Gasteiger partial charge < -0.3 is 14.4 Å². The molecular weight excluding hydrogens is 206 g/mol. The summed E-state index contributed by atoms with van der Waals surface area (Å²) in [6, 6.07) is 1.92. The molecule has 1 aliphatic rings. The smallest absolute Gasteiger partial charge is 0.257 e. The summed E-state index contributed by atoms with van der Waals surface area (Å²) in [5.41, 5.74) is 0.588. The van der Waals surface area contributed by atoms with Gasteiger partial charge in [0.2, 0.25) is 0 Å². The molecule has 1 fully saturated rings. The van der Waals surface area contributed by atoms with Crippen molar-refractivity contribution in [1.82, 2.24) is 4.90 Å². The van der Waals surface area contributed by atoms with Crippen LogP contribution in [0.3, 0.4) is 0 Å². The number of amides is 1. The summed E-state index contributed by atoms with van der Waals surface area (Å²) in [6.07, 6.45) is 4.92. The first-order valence-electron chi connectivity index (χ1n) is 5.66. The van der Waals surface area contributed by atoms with Gasteiger partial charge in [0.05, 0.1) is 11.8 Å². The van der Waals surface area contributed by atoms with Gasteiger partial charge in [0, 0.05) is 19.2 Å². The molecule has 0 spiro atoms. The number of likely N-dealkylation sites (tertiary alicyclic amines) is 1. The third-order valence-electron chi connectivity index (χ3n) is 3.27. The van der Waals surface area contributed by atoms with Crippen molar-refractivity contribution in [1.29, 1.82) is 0 Å². The lowest BCUT2D eigenvalue weighted by Crippen LogP contribution is -2.46. The third-order valence-corrected chi connectivity index (χ3v) is 3.27. The van der Waals surface area contributed by atoms with Crippen molar-refractivity contribution in [2.75, 3.05) is 13.2 Å². The highest BCUT2D eigenvalue weighted by atomic mass is 16.3. The van der Waals surface area contributed by atoms with Crippen molar-refractivity contribution < 1.29 is 14.3 Å². The van der Waals surface area contributed by atoms with Gasteiger partial charge in [-0.15, -0.1) is 0 Å². The lowest BCUT2D eigenvalue weighted by Gasteiger charge is -2.37. The Balaban J connectivity index is 2.09. The van der Waals surface area contributed by atoms with Crippen molar-refractivity contribution in [2.45, 2.75) is 25.8 Å². The molecule has 0 bridgehead atoms. The minimum Gasteiger partial charge on any atom is -0.472 e. The van der Waals surface area contributed by atoms with Gasteiger partial charge >= 0.3 is 0 Å². The molecular formula is C12H17NO3. The molecule has 4 heteroatoms. The standard InChI is InChI=1S/C12H17NO3/c1-9-2-3-10(7-14)6-13(9)12(15)11-4-5-16-8-11/h4-5,8-10,14H,2-3,6-7H2,1H3. The van der Waals surface area contributed by atoms with Crippen molar-refractivity contribution >= 4 is 5.91 Å². The van der Waals surface area contributed by atoms with Crippen LogP contribution in [-0.4, -0.2) is 35.1 Å². The van der Waals surface area contributed by atoms with E-state index < -0.39 is 0 Å². The normalized spacial score (nSPS) is 25.8. The topological polar surface area (TPSA) is 53.7 Å². The fraction of sp³-hybridized carbons (Fsp3) is 0.583. The molecule has 0 aromatic carbocycles. The van der Waals surface area contributed by atoms with E-state index in [2.05, 4.69) is 0 Å². The molecule has 1 aromatic rings. The molecule has 0 saturated carbocycles. The first-order valence-corrected chi connectivity index (χ1v) is 5.66. The lowest BCUT2D eigenvalue weighted by atomic mass is 9.93. The Morgan fingerprint density at radius 2 is 2.44 bits per heavy atom. The average Bonchev–Trinajstić information content (AvgIpc) is 2.82. The first-order chi connectivity index (χ1) is 7.72. The summed E-state index contributed by atoms with van der Waals surface area (Å²) in [7, 11) is 0. The van der Waals surface area contributed by atoms with E-state index in [-0.39, 0.29) is 24.5 Å². The molecule has 2 heterocycles. The number of rotatable bonds is 2. The van der Waals surface area contributed by atoms with E-state index in [0.717, 1.165) is 12.8 Å². The highest BCUT2D eigenvalue weighted by Crippen LogP contribution is 2.23. The number of carbonyl (C=O) groups excluding carboxylic acids is 1. The van der Waals surface area contributed by atoms with Crippen LogP contribution >= 0.6 is 0 Å². The number of piperidine rings is 1. The maximum atomic E-state index is 12.1. The number of aliphatic hydroxyl groups excluding tert-OH is 1. The molecule has 1 aromatic heterocycles. The zero-order valence-corrected chi connectivity index (χ0v) is 9.43. The molecule has 4 nitrogen and oxygen atoms in total. The van der Waals surface area contributed by atoms with Gasteiger partial charge in [0.1, 0.15) is 6.26 Å². The summed E-state index contributed by atoms with van der Waals surface area (Å²) in [5, 5.41) is 9.15. The van der Waals surface area contributed by atoms with E-state index >= 15 is 0 Å². The number of aliphatic hydroxyl groups is 1. The van der Waals surface area contributed by atoms with E-state index in [4.69, 9.17) is 9.52 Å². The molecule has 16 heavy (non-hydrogen) atoms. The van der Waals surface area contributed by atoms with Crippen LogP contribution in [0.1, 0.15) is 30.1 Å². The summed E-state index contributed by atoms with van der Waals surface area (Å²) in [4.78, 5) is 13.9. The van der Waals surface area contributed by atoms with Gasteiger partial charge in [-0.05, 0) is 31.7 Å². The Labute approximate surface area is 94.9 Å². The van der Waals surface area contributed by atoms with Gasteiger partial charge in [0.25, 0.3) is 5.91 Å². The minimum absolute atomic E-state index is 0.000556. The fourth-order valence-electron chi connectivity index (χ4n) is 2.17. The molecule has 1 amide bonds. The van der Waals surface area contributed by atoms with Crippen LogP contribution in [0.25, 0.3) is 0 Å². The summed E-state index contributed by atoms with van der Waals surface area (Å²) in [5.74, 6) is 0.214. The molecule has 2 rings (SSSR count). The van der Waals surface area contributed by atoms with E-state index in [1.807, 2.05) is 11.8 Å². The van der Waals surface area contributed by atoms with Crippen LogP contribution in [0.15, 0.2) is 23.0 Å². The Bertz CT molecular complexity index is 347. The van der Waals surface area contributed by atoms with Crippen LogP contribution in [0, 0.1) is 5.92 Å². The lowest BCUT2D eigenvalue weighted by molar-refractivity contribution is 0.0488.